The molecule has 17 heavy (non-hydrogen) atoms. The van der Waals surface area contributed by atoms with E-state index in [9.17, 15) is 9.59 Å². The lowest BCUT2D eigenvalue weighted by Gasteiger charge is -2.20. The van der Waals surface area contributed by atoms with E-state index in [2.05, 4.69) is 5.32 Å². The van der Waals surface area contributed by atoms with E-state index in [1.54, 1.807) is 4.90 Å². The normalized spacial score (nSPS) is 20.1. The molecule has 5 nitrogen and oxygen atoms in total. The molecule has 1 heterocycles. The maximum atomic E-state index is 11.5. The largest absolute Gasteiger partial charge is 0.480 e. The van der Waals surface area contributed by atoms with Crippen molar-refractivity contribution in [3.63, 3.8) is 0 Å². The first-order chi connectivity index (χ1) is 7.50. The van der Waals surface area contributed by atoms with E-state index in [0.29, 0.717) is 25.4 Å². The minimum Gasteiger partial charge on any atom is -0.480 e. The van der Waals surface area contributed by atoms with E-state index >= 15 is 0 Å². The molecular weight excluding hydrogens is 244 g/mol. The highest BCUT2D eigenvalue weighted by atomic mass is 35.5. The lowest BCUT2D eigenvalue weighted by Crippen LogP contribution is -2.43. The number of carbonyl (C=O) groups is 2. The Morgan fingerprint density at radius 2 is 2.12 bits per heavy atom. The summed E-state index contributed by atoms with van der Waals surface area (Å²) in [5.41, 5.74) is 0. The van der Waals surface area contributed by atoms with Crippen LogP contribution in [-0.2, 0) is 9.59 Å². The van der Waals surface area contributed by atoms with Gasteiger partial charge in [0.05, 0.1) is 6.54 Å². The van der Waals surface area contributed by atoms with Crippen LogP contribution in [0.1, 0.15) is 26.7 Å². The predicted octanol–water partition coefficient (Wildman–Crippen LogP) is 0.729. The van der Waals surface area contributed by atoms with Crippen LogP contribution in [0.25, 0.3) is 0 Å². The van der Waals surface area contributed by atoms with E-state index in [-0.39, 0.29) is 24.9 Å². The molecule has 0 spiro atoms. The first-order valence-electron chi connectivity index (χ1n) is 5.74. The number of aliphatic carboxylic acids is 1. The van der Waals surface area contributed by atoms with Crippen molar-refractivity contribution in [1.82, 2.24) is 10.2 Å². The number of carbonyl (C=O) groups excluding carboxylic acids is 1. The molecule has 1 aliphatic rings. The first kappa shape index (κ1) is 16.2. The number of likely N-dealkylation sites (tertiary alicyclic amines) is 1. The average Bonchev–Trinajstić information content (AvgIpc) is 2.62. The van der Waals surface area contributed by atoms with E-state index < -0.39 is 12.0 Å². The summed E-state index contributed by atoms with van der Waals surface area (Å²) >= 11 is 0. The van der Waals surface area contributed by atoms with Gasteiger partial charge in [-0.3, -0.25) is 14.5 Å². The number of nitrogens with zero attached hydrogens (tertiary/aromatic N) is 1. The number of carboxylic acid groups (broad SMARTS) is 1. The van der Waals surface area contributed by atoms with Crippen molar-refractivity contribution < 1.29 is 14.7 Å². The van der Waals surface area contributed by atoms with Crippen LogP contribution >= 0.6 is 12.4 Å². The Labute approximate surface area is 108 Å². The molecule has 1 atom stereocenters. The van der Waals surface area contributed by atoms with Crippen LogP contribution in [0.15, 0.2) is 0 Å². The van der Waals surface area contributed by atoms with E-state index in [4.69, 9.17) is 5.11 Å². The van der Waals surface area contributed by atoms with Gasteiger partial charge in [0.25, 0.3) is 0 Å². The lowest BCUT2D eigenvalue weighted by molar-refractivity contribution is -0.142. The van der Waals surface area contributed by atoms with Crippen molar-refractivity contribution in [2.75, 3.05) is 19.6 Å². The molecular formula is C11H21ClN2O3. The number of carboxylic acids is 1. The number of rotatable bonds is 5. The van der Waals surface area contributed by atoms with E-state index in [0.717, 1.165) is 6.42 Å². The van der Waals surface area contributed by atoms with Gasteiger partial charge in [0.15, 0.2) is 0 Å². The third-order valence-electron chi connectivity index (χ3n) is 2.70. The number of hydrogen-bond acceptors (Lipinski definition) is 3. The topological polar surface area (TPSA) is 69.6 Å². The maximum Gasteiger partial charge on any atom is 0.320 e. The number of halogens is 1. The highest BCUT2D eigenvalue weighted by Crippen LogP contribution is 2.16. The minimum absolute atomic E-state index is 0. The molecule has 1 rings (SSSR count). The highest BCUT2D eigenvalue weighted by molar-refractivity contribution is 5.85. The van der Waals surface area contributed by atoms with E-state index in [1.165, 1.54) is 0 Å². The molecule has 0 aliphatic carbocycles. The molecule has 0 radical (unpaired) electrons. The highest BCUT2D eigenvalue weighted by Gasteiger charge is 2.31. The fourth-order valence-electron chi connectivity index (χ4n) is 1.85. The Morgan fingerprint density at radius 1 is 1.47 bits per heavy atom. The zero-order valence-corrected chi connectivity index (χ0v) is 11.1. The lowest BCUT2D eigenvalue weighted by atomic mass is 10.2. The Hall–Kier alpha value is -0.810. The smallest absolute Gasteiger partial charge is 0.320 e. The zero-order chi connectivity index (χ0) is 12.1. The second-order valence-electron chi connectivity index (χ2n) is 4.66. The van der Waals surface area contributed by atoms with Gasteiger partial charge in [-0.25, -0.2) is 0 Å². The van der Waals surface area contributed by atoms with Gasteiger partial charge in [0.1, 0.15) is 6.04 Å². The second-order valence-corrected chi connectivity index (χ2v) is 4.66. The van der Waals surface area contributed by atoms with Crippen molar-refractivity contribution in [3.8, 4) is 0 Å². The van der Waals surface area contributed by atoms with Gasteiger partial charge in [-0.05, 0) is 25.3 Å². The monoisotopic (exact) mass is 264 g/mol. The number of nitrogens with one attached hydrogen (secondary N) is 1. The van der Waals surface area contributed by atoms with E-state index in [1.807, 2.05) is 13.8 Å². The van der Waals surface area contributed by atoms with Crippen LogP contribution in [-0.4, -0.2) is 47.6 Å². The standard InChI is InChI=1S/C11H20N2O3.ClH/c1-8(2)6-12-10(14)7-13-5-3-4-9(13)11(15)16;/h8-9H,3-7H2,1-2H3,(H,12,14)(H,15,16);1H/t9-;/m0./s1. The Morgan fingerprint density at radius 3 is 2.65 bits per heavy atom. The number of amides is 1. The van der Waals surface area contributed by atoms with Crippen LogP contribution in [0, 0.1) is 5.92 Å². The van der Waals surface area contributed by atoms with Crippen LogP contribution in [0.3, 0.4) is 0 Å². The molecule has 2 N–H and O–H groups in total. The SMILES string of the molecule is CC(C)CNC(=O)CN1CCC[C@H]1C(=O)O.Cl. The summed E-state index contributed by atoms with van der Waals surface area (Å²) in [5, 5.41) is 11.7. The van der Waals surface area contributed by atoms with Crippen molar-refractivity contribution in [3.05, 3.63) is 0 Å². The molecule has 1 fully saturated rings. The fraction of sp³-hybridized carbons (Fsp3) is 0.818. The third kappa shape index (κ3) is 5.37. The second kappa shape index (κ2) is 7.50. The summed E-state index contributed by atoms with van der Waals surface area (Å²) in [6, 6.07) is -0.482. The van der Waals surface area contributed by atoms with Crippen molar-refractivity contribution in [2.24, 2.45) is 5.92 Å². The molecule has 6 heteroatoms. The van der Waals surface area contributed by atoms with Gasteiger partial charge in [-0.2, -0.15) is 0 Å². The molecule has 0 saturated carbocycles. The molecule has 1 aliphatic heterocycles. The van der Waals surface area contributed by atoms with Gasteiger partial charge in [-0.15, -0.1) is 12.4 Å². The van der Waals surface area contributed by atoms with Gasteiger partial charge in [0.2, 0.25) is 5.91 Å². The van der Waals surface area contributed by atoms with Crippen molar-refractivity contribution in [2.45, 2.75) is 32.7 Å². The molecule has 0 bridgehead atoms. The number of hydrogen-bond donors (Lipinski definition) is 2. The van der Waals surface area contributed by atoms with Crippen LogP contribution in [0.2, 0.25) is 0 Å². The molecule has 0 unspecified atom stereocenters. The summed E-state index contributed by atoms with van der Waals surface area (Å²) in [4.78, 5) is 24.1. The minimum atomic E-state index is -0.825. The predicted molar refractivity (Wildman–Crippen MR) is 67.3 cm³/mol. The molecule has 1 amide bonds. The van der Waals surface area contributed by atoms with Gasteiger partial charge < -0.3 is 10.4 Å². The van der Waals surface area contributed by atoms with Crippen molar-refractivity contribution in [1.29, 1.82) is 0 Å². The fourth-order valence-corrected chi connectivity index (χ4v) is 1.85. The van der Waals surface area contributed by atoms with Crippen molar-refractivity contribution >= 4 is 24.3 Å². The summed E-state index contributed by atoms with van der Waals surface area (Å²) in [5.74, 6) is -0.492. The quantitative estimate of drug-likeness (QED) is 0.768. The Bertz CT molecular complexity index is 271. The molecule has 0 aromatic carbocycles. The van der Waals surface area contributed by atoms with Gasteiger partial charge in [0, 0.05) is 6.54 Å². The van der Waals surface area contributed by atoms with Crippen LogP contribution in [0.4, 0.5) is 0 Å². The molecule has 1 saturated heterocycles. The Kier molecular flexibility index (Phi) is 7.15. The molecule has 100 valence electrons. The van der Waals surface area contributed by atoms with Gasteiger partial charge >= 0.3 is 5.97 Å². The summed E-state index contributed by atoms with van der Waals surface area (Å²) < 4.78 is 0. The summed E-state index contributed by atoms with van der Waals surface area (Å²) in [7, 11) is 0. The maximum absolute atomic E-state index is 11.5. The molecule has 0 aromatic rings. The van der Waals surface area contributed by atoms with Crippen LogP contribution in [0.5, 0.6) is 0 Å². The van der Waals surface area contributed by atoms with Crippen LogP contribution < -0.4 is 5.32 Å². The first-order valence-corrected chi connectivity index (χ1v) is 5.74. The summed E-state index contributed by atoms with van der Waals surface area (Å²) in [6.45, 7) is 5.59. The summed E-state index contributed by atoms with van der Waals surface area (Å²) in [6.07, 6.45) is 1.50. The Balaban J connectivity index is 0.00000256. The molecule has 0 aromatic heterocycles. The third-order valence-corrected chi connectivity index (χ3v) is 2.70. The average molecular weight is 265 g/mol. The zero-order valence-electron chi connectivity index (χ0n) is 10.3. The van der Waals surface area contributed by atoms with Gasteiger partial charge in [-0.1, -0.05) is 13.8 Å².